The molecule has 2 aromatic rings. The van der Waals surface area contributed by atoms with E-state index in [4.69, 9.17) is 15.2 Å². The Balaban J connectivity index is 2.82. The van der Waals surface area contributed by atoms with E-state index in [2.05, 4.69) is 25.9 Å². The predicted molar refractivity (Wildman–Crippen MR) is 62.6 cm³/mol. The fraction of sp³-hybridized carbons (Fsp3) is 0.250. The Hall–Kier alpha value is -1.08. The van der Waals surface area contributed by atoms with Gasteiger partial charge >= 0.3 is 0 Å². The maximum absolute atomic E-state index is 5.61. The molecule has 0 aliphatic carbocycles. The number of halogens is 1. The van der Waals surface area contributed by atoms with Crippen molar-refractivity contribution in [1.82, 2.24) is 9.97 Å². The summed E-state index contributed by atoms with van der Waals surface area (Å²) in [4.78, 5) is 8.27. The highest BCUT2D eigenvalue weighted by Gasteiger charge is 2.17. The molecule has 0 amide bonds. The maximum atomic E-state index is 5.61. The van der Waals surface area contributed by atoms with Gasteiger partial charge < -0.3 is 15.2 Å². The molecule has 0 unspecified atom stereocenters. The first kappa shape index (κ1) is 10.4. The van der Waals surface area contributed by atoms with Crippen LogP contribution in [0.25, 0.3) is 10.3 Å². The van der Waals surface area contributed by atoms with E-state index in [-0.39, 0.29) is 0 Å². The molecule has 0 spiro atoms. The van der Waals surface area contributed by atoms with Crippen LogP contribution in [0.5, 0.6) is 11.6 Å². The van der Waals surface area contributed by atoms with Gasteiger partial charge in [-0.1, -0.05) is 11.3 Å². The molecule has 0 radical (unpaired) electrons. The van der Waals surface area contributed by atoms with E-state index in [0.29, 0.717) is 26.9 Å². The van der Waals surface area contributed by atoms with Crippen molar-refractivity contribution in [2.45, 2.75) is 0 Å². The van der Waals surface area contributed by atoms with Crippen molar-refractivity contribution in [3.05, 3.63) is 4.47 Å². The summed E-state index contributed by atoms with van der Waals surface area (Å²) in [6.07, 6.45) is 0. The van der Waals surface area contributed by atoms with E-state index in [9.17, 15) is 0 Å². The fourth-order valence-corrected chi connectivity index (χ4v) is 2.76. The first-order valence-corrected chi connectivity index (χ1v) is 5.61. The number of nitrogens with two attached hydrogens (primary N) is 1. The number of pyridine rings is 1. The summed E-state index contributed by atoms with van der Waals surface area (Å²) in [5.41, 5.74) is 6.15. The lowest BCUT2D eigenvalue weighted by Gasteiger charge is -2.07. The van der Waals surface area contributed by atoms with E-state index < -0.39 is 0 Å². The quantitative estimate of drug-likeness (QED) is 0.916. The number of aromatic nitrogens is 2. The zero-order chi connectivity index (χ0) is 11.0. The number of nitrogens with zero attached hydrogens (tertiary/aromatic N) is 2. The van der Waals surface area contributed by atoms with Gasteiger partial charge in [0.1, 0.15) is 9.17 Å². The fourth-order valence-electron chi connectivity index (χ4n) is 1.21. The normalized spacial score (nSPS) is 10.6. The summed E-state index contributed by atoms with van der Waals surface area (Å²) in [7, 11) is 3.11. The molecule has 7 heteroatoms. The third-order valence-corrected chi connectivity index (χ3v) is 3.40. The standard InChI is InChI=1S/C8H8BrN3O2S/c1-13-4-3(9)7(14-2)11-6-5(4)15-8(10)12-6/h1-2H3,(H2,10,11,12). The van der Waals surface area contributed by atoms with Gasteiger partial charge in [-0.05, 0) is 15.9 Å². The molecule has 0 aliphatic heterocycles. The number of thiazole rings is 1. The second kappa shape index (κ2) is 3.82. The van der Waals surface area contributed by atoms with Crippen molar-refractivity contribution in [2.24, 2.45) is 0 Å². The minimum Gasteiger partial charge on any atom is -0.494 e. The molecule has 0 aliphatic rings. The highest BCUT2D eigenvalue weighted by molar-refractivity contribution is 9.10. The molecule has 0 bridgehead atoms. The van der Waals surface area contributed by atoms with Gasteiger partial charge in [-0.25, -0.2) is 4.98 Å². The Morgan fingerprint density at radius 2 is 2.00 bits per heavy atom. The van der Waals surface area contributed by atoms with Crippen LogP contribution in [0.15, 0.2) is 4.47 Å². The Kier molecular flexibility index (Phi) is 2.66. The molecular weight excluding hydrogens is 282 g/mol. The molecule has 0 aromatic carbocycles. The molecule has 0 saturated carbocycles. The smallest absolute Gasteiger partial charge is 0.233 e. The third kappa shape index (κ3) is 1.61. The lowest BCUT2D eigenvalue weighted by Crippen LogP contribution is -1.93. The van der Waals surface area contributed by atoms with Gasteiger partial charge in [0.25, 0.3) is 0 Å². The van der Waals surface area contributed by atoms with E-state index in [1.165, 1.54) is 18.4 Å². The van der Waals surface area contributed by atoms with Crippen LogP contribution in [-0.4, -0.2) is 24.2 Å². The highest BCUT2D eigenvalue weighted by atomic mass is 79.9. The van der Waals surface area contributed by atoms with Crippen molar-refractivity contribution in [1.29, 1.82) is 0 Å². The van der Waals surface area contributed by atoms with E-state index in [0.717, 1.165) is 4.70 Å². The molecule has 80 valence electrons. The summed E-state index contributed by atoms with van der Waals surface area (Å²) >= 11 is 4.69. The zero-order valence-corrected chi connectivity index (χ0v) is 10.5. The van der Waals surface area contributed by atoms with Gasteiger partial charge in [0.05, 0.1) is 14.2 Å². The summed E-state index contributed by atoms with van der Waals surface area (Å²) < 4.78 is 11.8. The van der Waals surface area contributed by atoms with Crippen molar-refractivity contribution in [3.8, 4) is 11.6 Å². The summed E-state index contributed by atoms with van der Waals surface area (Å²) in [5, 5.41) is 0.455. The van der Waals surface area contributed by atoms with Gasteiger partial charge in [0, 0.05) is 0 Å². The second-order valence-corrected chi connectivity index (χ2v) is 4.50. The number of methoxy groups -OCH3 is 2. The van der Waals surface area contributed by atoms with Crippen molar-refractivity contribution in [3.63, 3.8) is 0 Å². The van der Waals surface area contributed by atoms with Gasteiger partial charge in [0.15, 0.2) is 16.5 Å². The summed E-state index contributed by atoms with van der Waals surface area (Å²) in [6, 6.07) is 0. The monoisotopic (exact) mass is 289 g/mol. The molecule has 0 fully saturated rings. The first-order chi connectivity index (χ1) is 7.17. The van der Waals surface area contributed by atoms with E-state index >= 15 is 0 Å². The molecule has 0 atom stereocenters. The first-order valence-electron chi connectivity index (χ1n) is 4.01. The molecule has 2 aromatic heterocycles. The van der Waals surface area contributed by atoms with Gasteiger partial charge in [0.2, 0.25) is 5.88 Å². The lowest BCUT2D eigenvalue weighted by atomic mass is 10.4. The van der Waals surface area contributed by atoms with Crippen LogP contribution in [0.1, 0.15) is 0 Å². The second-order valence-electron chi connectivity index (χ2n) is 2.67. The number of fused-ring (bicyclic) bond motifs is 1. The predicted octanol–water partition coefficient (Wildman–Crippen LogP) is 2.05. The molecule has 2 heterocycles. The number of ether oxygens (including phenoxy) is 2. The minimum atomic E-state index is 0.435. The van der Waals surface area contributed by atoms with Gasteiger partial charge in [-0.2, -0.15) is 4.98 Å². The van der Waals surface area contributed by atoms with Crippen LogP contribution in [0.3, 0.4) is 0 Å². The van der Waals surface area contributed by atoms with Crippen molar-refractivity contribution >= 4 is 42.7 Å². The van der Waals surface area contributed by atoms with Crippen LogP contribution < -0.4 is 15.2 Å². The topological polar surface area (TPSA) is 70.3 Å². The number of nitrogen functional groups attached to an aromatic ring is 1. The average Bonchev–Trinajstić information content (AvgIpc) is 2.57. The Morgan fingerprint density at radius 3 is 2.60 bits per heavy atom. The average molecular weight is 290 g/mol. The van der Waals surface area contributed by atoms with E-state index in [1.54, 1.807) is 7.11 Å². The number of hydrogen-bond acceptors (Lipinski definition) is 6. The maximum Gasteiger partial charge on any atom is 0.233 e. The summed E-state index contributed by atoms with van der Waals surface area (Å²) in [5.74, 6) is 1.08. The highest BCUT2D eigenvalue weighted by Crippen LogP contribution is 2.41. The Bertz CT molecular complexity index is 514. The zero-order valence-electron chi connectivity index (χ0n) is 8.07. The molecule has 2 rings (SSSR count). The molecule has 2 N–H and O–H groups in total. The molecule has 5 nitrogen and oxygen atoms in total. The van der Waals surface area contributed by atoms with E-state index in [1.807, 2.05) is 0 Å². The number of anilines is 1. The summed E-state index contributed by atoms with van der Waals surface area (Å²) in [6.45, 7) is 0. The molecule has 0 saturated heterocycles. The Morgan fingerprint density at radius 1 is 1.27 bits per heavy atom. The molecule has 15 heavy (non-hydrogen) atoms. The lowest BCUT2D eigenvalue weighted by molar-refractivity contribution is 0.382. The van der Waals surface area contributed by atoms with Gasteiger partial charge in [-0.3, -0.25) is 0 Å². The van der Waals surface area contributed by atoms with Crippen LogP contribution in [0, 0.1) is 0 Å². The van der Waals surface area contributed by atoms with Crippen LogP contribution >= 0.6 is 27.3 Å². The number of rotatable bonds is 2. The number of hydrogen-bond donors (Lipinski definition) is 1. The minimum absolute atomic E-state index is 0.435. The Labute approximate surface area is 98.4 Å². The largest absolute Gasteiger partial charge is 0.494 e. The van der Waals surface area contributed by atoms with Crippen LogP contribution in [0.4, 0.5) is 5.13 Å². The third-order valence-electron chi connectivity index (χ3n) is 1.82. The van der Waals surface area contributed by atoms with Crippen molar-refractivity contribution in [2.75, 3.05) is 20.0 Å². The van der Waals surface area contributed by atoms with Crippen LogP contribution in [-0.2, 0) is 0 Å². The van der Waals surface area contributed by atoms with Crippen molar-refractivity contribution < 1.29 is 9.47 Å². The van der Waals surface area contributed by atoms with Gasteiger partial charge in [-0.15, -0.1) is 0 Å². The SMILES string of the molecule is COc1nc2nc(N)sc2c(OC)c1Br. The van der Waals surface area contributed by atoms with Crippen LogP contribution in [0.2, 0.25) is 0 Å². The molecular formula is C8H8BrN3O2S.